The Bertz CT molecular complexity index is 360. The number of hydrogen-bond donors (Lipinski definition) is 2. The van der Waals surface area contributed by atoms with Gasteiger partial charge >= 0.3 is 0 Å². The van der Waals surface area contributed by atoms with Crippen LogP contribution in [-0.4, -0.2) is 37.3 Å². The molecule has 1 aromatic heterocycles. The van der Waals surface area contributed by atoms with E-state index in [4.69, 9.17) is 15.2 Å². The van der Waals surface area contributed by atoms with Crippen LogP contribution in [0.2, 0.25) is 0 Å². The molecular formula is C12H22N4O2. The van der Waals surface area contributed by atoms with E-state index in [1.165, 1.54) is 0 Å². The molecule has 6 nitrogen and oxygen atoms in total. The van der Waals surface area contributed by atoms with Crippen LogP contribution in [-0.2, 0) is 0 Å². The lowest BCUT2D eigenvalue weighted by Gasteiger charge is -2.24. The molecule has 18 heavy (non-hydrogen) atoms. The van der Waals surface area contributed by atoms with Crippen molar-refractivity contribution < 1.29 is 9.47 Å². The highest BCUT2D eigenvalue weighted by molar-refractivity contribution is 5.33. The minimum atomic E-state index is 0.0917. The van der Waals surface area contributed by atoms with Gasteiger partial charge in [0.2, 0.25) is 17.7 Å². The van der Waals surface area contributed by atoms with Crippen LogP contribution in [0.25, 0.3) is 0 Å². The quantitative estimate of drug-likeness (QED) is 0.762. The molecule has 0 radical (unpaired) electrons. The summed E-state index contributed by atoms with van der Waals surface area (Å²) in [6.07, 6.45) is 0.932. The summed E-state index contributed by atoms with van der Waals surface area (Å²) in [6, 6.07) is 1.64. The normalized spacial score (nSPS) is 11.2. The molecule has 0 spiro atoms. The summed E-state index contributed by atoms with van der Waals surface area (Å²) in [5, 5.41) is 3.18. The van der Waals surface area contributed by atoms with Crippen molar-refractivity contribution in [2.45, 2.75) is 20.3 Å². The zero-order chi connectivity index (χ0) is 13.6. The Kier molecular flexibility index (Phi) is 5.15. The molecule has 0 amide bonds. The number of hydrogen-bond acceptors (Lipinski definition) is 6. The largest absolute Gasteiger partial charge is 0.481 e. The first kappa shape index (κ1) is 14.5. The Morgan fingerprint density at radius 3 is 2.22 bits per heavy atom. The predicted molar refractivity (Wildman–Crippen MR) is 71.1 cm³/mol. The van der Waals surface area contributed by atoms with E-state index in [0.717, 1.165) is 13.0 Å². The van der Waals surface area contributed by atoms with E-state index in [2.05, 4.69) is 29.1 Å². The average molecular weight is 254 g/mol. The summed E-state index contributed by atoms with van der Waals surface area (Å²) in [5.74, 6) is 1.44. The SMILES string of the molecule is COc1cc(OC)nc(NCC(C)(C)CCN)n1. The van der Waals surface area contributed by atoms with E-state index in [-0.39, 0.29) is 5.41 Å². The van der Waals surface area contributed by atoms with E-state index in [1.54, 1.807) is 20.3 Å². The van der Waals surface area contributed by atoms with Crippen molar-refractivity contribution in [3.8, 4) is 11.8 Å². The Morgan fingerprint density at radius 2 is 1.78 bits per heavy atom. The van der Waals surface area contributed by atoms with Crippen LogP contribution in [0.3, 0.4) is 0 Å². The molecule has 0 aromatic carbocycles. The van der Waals surface area contributed by atoms with E-state index in [9.17, 15) is 0 Å². The first-order valence-electron chi connectivity index (χ1n) is 5.92. The maximum atomic E-state index is 5.58. The van der Waals surface area contributed by atoms with Gasteiger partial charge in [-0.2, -0.15) is 9.97 Å². The van der Waals surface area contributed by atoms with Gasteiger partial charge in [-0.1, -0.05) is 13.8 Å². The number of nitrogens with two attached hydrogens (primary N) is 1. The maximum absolute atomic E-state index is 5.58. The van der Waals surface area contributed by atoms with Crippen LogP contribution < -0.4 is 20.5 Å². The van der Waals surface area contributed by atoms with E-state index >= 15 is 0 Å². The molecule has 0 unspecified atom stereocenters. The molecule has 0 fully saturated rings. The van der Waals surface area contributed by atoms with Crippen molar-refractivity contribution in [2.24, 2.45) is 11.1 Å². The summed E-state index contributed by atoms with van der Waals surface area (Å²) < 4.78 is 10.2. The van der Waals surface area contributed by atoms with Gasteiger partial charge in [-0.3, -0.25) is 0 Å². The lowest BCUT2D eigenvalue weighted by Crippen LogP contribution is -2.26. The molecule has 1 heterocycles. The third-order valence-electron chi connectivity index (χ3n) is 2.64. The van der Waals surface area contributed by atoms with Crippen molar-refractivity contribution >= 4 is 5.95 Å². The lowest BCUT2D eigenvalue weighted by molar-refractivity contribution is 0.359. The Labute approximate surface area is 108 Å². The Hall–Kier alpha value is -1.56. The zero-order valence-corrected chi connectivity index (χ0v) is 11.5. The number of nitrogens with one attached hydrogen (secondary N) is 1. The molecule has 1 aromatic rings. The second kappa shape index (κ2) is 6.39. The van der Waals surface area contributed by atoms with Gasteiger partial charge in [0.05, 0.1) is 20.3 Å². The fraction of sp³-hybridized carbons (Fsp3) is 0.667. The minimum absolute atomic E-state index is 0.0917. The summed E-state index contributed by atoms with van der Waals surface area (Å²) in [6.45, 7) is 5.69. The van der Waals surface area contributed by atoms with Crippen LogP contribution in [0.1, 0.15) is 20.3 Å². The highest BCUT2D eigenvalue weighted by Gasteiger charge is 2.17. The van der Waals surface area contributed by atoms with Gasteiger partial charge in [-0.15, -0.1) is 0 Å². The van der Waals surface area contributed by atoms with Gasteiger partial charge in [-0.25, -0.2) is 0 Å². The lowest BCUT2D eigenvalue weighted by atomic mass is 9.89. The van der Waals surface area contributed by atoms with Crippen LogP contribution in [0.15, 0.2) is 6.07 Å². The third-order valence-corrected chi connectivity index (χ3v) is 2.64. The molecule has 0 aliphatic rings. The molecule has 102 valence electrons. The average Bonchev–Trinajstić information content (AvgIpc) is 2.36. The number of ether oxygens (including phenoxy) is 2. The molecule has 1 rings (SSSR count). The van der Waals surface area contributed by atoms with Gasteiger partial charge in [0.15, 0.2) is 0 Å². The second-order valence-electron chi connectivity index (χ2n) is 4.83. The smallest absolute Gasteiger partial charge is 0.229 e. The molecule has 0 aliphatic heterocycles. The molecule has 0 saturated carbocycles. The van der Waals surface area contributed by atoms with Crippen LogP contribution in [0.5, 0.6) is 11.8 Å². The van der Waals surface area contributed by atoms with E-state index in [0.29, 0.717) is 24.3 Å². The highest BCUT2D eigenvalue weighted by Crippen LogP contribution is 2.21. The van der Waals surface area contributed by atoms with Gasteiger partial charge in [-0.05, 0) is 18.4 Å². The first-order valence-corrected chi connectivity index (χ1v) is 5.92. The number of nitrogens with zero attached hydrogens (tertiary/aromatic N) is 2. The van der Waals surface area contributed by atoms with Crippen LogP contribution >= 0.6 is 0 Å². The molecular weight excluding hydrogens is 232 g/mol. The number of rotatable bonds is 7. The summed E-state index contributed by atoms with van der Waals surface area (Å²) in [4.78, 5) is 8.41. The Morgan fingerprint density at radius 1 is 1.22 bits per heavy atom. The van der Waals surface area contributed by atoms with Gasteiger partial charge in [0.25, 0.3) is 0 Å². The summed E-state index contributed by atoms with van der Waals surface area (Å²) in [5.41, 5.74) is 5.67. The molecule has 0 saturated heterocycles. The molecule has 6 heteroatoms. The second-order valence-corrected chi connectivity index (χ2v) is 4.83. The topological polar surface area (TPSA) is 82.3 Å². The predicted octanol–water partition coefficient (Wildman–Crippen LogP) is 1.28. The van der Waals surface area contributed by atoms with Gasteiger partial charge in [0.1, 0.15) is 0 Å². The van der Waals surface area contributed by atoms with Crippen molar-refractivity contribution in [1.82, 2.24) is 9.97 Å². The molecule has 3 N–H and O–H groups in total. The van der Waals surface area contributed by atoms with Crippen LogP contribution in [0, 0.1) is 5.41 Å². The van der Waals surface area contributed by atoms with Crippen molar-refractivity contribution in [3.05, 3.63) is 6.07 Å². The summed E-state index contributed by atoms with van der Waals surface area (Å²) in [7, 11) is 3.12. The van der Waals surface area contributed by atoms with Crippen molar-refractivity contribution in [1.29, 1.82) is 0 Å². The van der Waals surface area contributed by atoms with E-state index in [1.807, 2.05) is 0 Å². The van der Waals surface area contributed by atoms with Gasteiger partial charge in [0, 0.05) is 6.54 Å². The minimum Gasteiger partial charge on any atom is -0.481 e. The fourth-order valence-corrected chi connectivity index (χ4v) is 1.49. The molecule has 0 aliphatic carbocycles. The van der Waals surface area contributed by atoms with Crippen molar-refractivity contribution in [2.75, 3.05) is 32.6 Å². The summed E-state index contributed by atoms with van der Waals surface area (Å²) >= 11 is 0. The van der Waals surface area contributed by atoms with E-state index < -0.39 is 0 Å². The third kappa shape index (κ3) is 4.37. The van der Waals surface area contributed by atoms with Crippen LogP contribution in [0.4, 0.5) is 5.95 Å². The monoisotopic (exact) mass is 254 g/mol. The number of aromatic nitrogens is 2. The standard InChI is InChI=1S/C12H22N4O2/c1-12(2,5-6-13)8-14-11-15-9(17-3)7-10(16-11)18-4/h7H,5-6,8,13H2,1-4H3,(H,14,15,16). The number of anilines is 1. The first-order chi connectivity index (χ1) is 8.50. The molecule has 0 atom stereocenters. The molecule has 0 bridgehead atoms. The Balaban J connectivity index is 2.72. The number of methoxy groups -OCH3 is 2. The fourth-order valence-electron chi connectivity index (χ4n) is 1.49. The van der Waals surface area contributed by atoms with Crippen molar-refractivity contribution in [3.63, 3.8) is 0 Å². The highest BCUT2D eigenvalue weighted by atomic mass is 16.5. The zero-order valence-electron chi connectivity index (χ0n) is 11.5. The maximum Gasteiger partial charge on any atom is 0.229 e. The van der Waals surface area contributed by atoms with Gasteiger partial charge < -0.3 is 20.5 Å².